The second-order valence-corrected chi connectivity index (χ2v) is 2.75. The number of carbonyl (C=O) groups is 1. The number of nitrogens with one attached hydrogen (secondary N) is 1. The lowest BCUT2D eigenvalue weighted by Crippen LogP contribution is -2.13. The highest BCUT2D eigenvalue weighted by molar-refractivity contribution is 5.76. The molecule has 1 heterocycles. The summed E-state index contributed by atoms with van der Waals surface area (Å²) in [5.74, 6) is -0.285. The van der Waals surface area contributed by atoms with E-state index in [2.05, 4.69) is 4.98 Å². The second-order valence-electron chi connectivity index (χ2n) is 2.75. The van der Waals surface area contributed by atoms with Crippen LogP contribution in [0.4, 0.5) is 0 Å². The van der Waals surface area contributed by atoms with E-state index in [-0.39, 0.29) is 5.91 Å². The zero-order chi connectivity index (χ0) is 8.43. The fraction of sp³-hybridized carbons (Fsp3) is 0.375. The SMILES string of the molecule is Cc1cc(CC(N)=O)c(C)[nH]1. The summed E-state index contributed by atoms with van der Waals surface area (Å²) in [6.07, 6.45) is 0.330. The van der Waals surface area contributed by atoms with Crippen molar-refractivity contribution in [2.24, 2.45) is 5.73 Å². The summed E-state index contributed by atoms with van der Waals surface area (Å²) >= 11 is 0. The zero-order valence-corrected chi connectivity index (χ0v) is 6.77. The minimum atomic E-state index is -0.285. The van der Waals surface area contributed by atoms with Gasteiger partial charge in [0, 0.05) is 11.4 Å². The van der Waals surface area contributed by atoms with Crippen LogP contribution in [0.25, 0.3) is 0 Å². The zero-order valence-electron chi connectivity index (χ0n) is 6.77. The Morgan fingerprint density at radius 3 is 2.64 bits per heavy atom. The third-order valence-electron chi connectivity index (χ3n) is 1.62. The monoisotopic (exact) mass is 152 g/mol. The van der Waals surface area contributed by atoms with E-state index in [1.807, 2.05) is 19.9 Å². The summed E-state index contributed by atoms with van der Waals surface area (Å²) in [6, 6.07) is 1.94. The van der Waals surface area contributed by atoms with Gasteiger partial charge in [-0.1, -0.05) is 0 Å². The van der Waals surface area contributed by atoms with E-state index in [0.29, 0.717) is 6.42 Å². The average Bonchev–Trinajstić information content (AvgIpc) is 2.09. The number of nitrogens with two attached hydrogens (primary N) is 1. The summed E-state index contributed by atoms with van der Waals surface area (Å²) in [4.78, 5) is 13.6. The van der Waals surface area contributed by atoms with Crippen molar-refractivity contribution in [1.82, 2.24) is 4.98 Å². The molecule has 1 rings (SSSR count). The maximum Gasteiger partial charge on any atom is 0.221 e. The molecule has 0 saturated heterocycles. The lowest BCUT2D eigenvalue weighted by molar-refractivity contribution is -0.117. The fourth-order valence-electron chi connectivity index (χ4n) is 1.15. The first-order valence-corrected chi connectivity index (χ1v) is 3.53. The minimum absolute atomic E-state index is 0.285. The molecule has 0 aliphatic heterocycles. The van der Waals surface area contributed by atoms with Gasteiger partial charge in [0.25, 0.3) is 0 Å². The van der Waals surface area contributed by atoms with Crippen LogP contribution >= 0.6 is 0 Å². The van der Waals surface area contributed by atoms with Crippen LogP contribution in [0.2, 0.25) is 0 Å². The first kappa shape index (κ1) is 7.85. The maximum absolute atomic E-state index is 10.5. The van der Waals surface area contributed by atoms with Crippen molar-refractivity contribution in [3.05, 3.63) is 23.0 Å². The lowest BCUT2D eigenvalue weighted by atomic mass is 10.2. The van der Waals surface area contributed by atoms with Gasteiger partial charge in [0.2, 0.25) is 5.91 Å². The molecule has 3 nitrogen and oxygen atoms in total. The normalized spacial score (nSPS) is 10.0. The number of rotatable bonds is 2. The molecule has 1 aromatic heterocycles. The Morgan fingerprint density at radius 2 is 2.27 bits per heavy atom. The molecule has 11 heavy (non-hydrogen) atoms. The number of H-pyrrole nitrogens is 1. The second kappa shape index (κ2) is 2.78. The third-order valence-corrected chi connectivity index (χ3v) is 1.62. The van der Waals surface area contributed by atoms with Gasteiger partial charge in [-0.25, -0.2) is 0 Å². The average molecular weight is 152 g/mol. The Balaban J connectivity index is 2.85. The van der Waals surface area contributed by atoms with Crippen LogP contribution < -0.4 is 5.73 Å². The van der Waals surface area contributed by atoms with Gasteiger partial charge in [0.05, 0.1) is 6.42 Å². The Bertz CT molecular complexity index is 276. The highest BCUT2D eigenvalue weighted by atomic mass is 16.1. The summed E-state index contributed by atoms with van der Waals surface area (Å²) in [7, 11) is 0. The van der Waals surface area contributed by atoms with Crippen molar-refractivity contribution in [2.75, 3.05) is 0 Å². The van der Waals surface area contributed by atoms with Gasteiger partial charge in [-0.3, -0.25) is 4.79 Å². The van der Waals surface area contributed by atoms with Crippen molar-refractivity contribution in [3.63, 3.8) is 0 Å². The summed E-state index contributed by atoms with van der Waals surface area (Å²) in [5.41, 5.74) is 8.14. The Labute approximate surface area is 65.6 Å². The first-order chi connectivity index (χ1) is 5.09. The van der Waals surface area contributed by atoms with Gasteiger partial charge in [0.1, 0.15) is 0 Å². The molecule has 3 N–H and O–H groups in total. The van der Waals surface area contributed by atoms with Gasteiger partial charge in [-0.15, -0.1) is 0 Å². The number of hydrogen-bond acceptors (Lipinski definition) is 1. The van der Waals surface area contributed by atoms with Gasteiger partial charge < -0.3 is 10.7 Å². The summed E-state index contributed by atoms with van der Waals surface area (Å²) in [6.45, 7) is 3.89. The number of aromatic amines is 1. The molecular formula is C8H12N2O. The van der Waals surface area contributed by atoms with Crippen LogP contribution in [0, 0.1) is 13.8 Å². The molecule has 1 aromatic rings. The van der Waals surface area contributed by atoms with E-state index in [1.165, 1.54) is 0 Å². The van der Waals surface area contributed by atoms with Gasteiger partial charge in [-0.05, 0) is 25.5 Å². The molecular weight excluding hydrogens is 140 g/mol. The molecule has 0 aliphatic rings. The van der Waals surface area contributed by atoms with E-state index >= 15 is 0 Å². The van der Waals surface area contributed by atoms with Crippen LogP contribution in [0.15, 0.2) is 6.07 Å². The van der Waals surface area contributed by atoms with Gasteiger partial charge in [0.15, 0.2) is 0 Å². The quantitative estimate of drug-likeness (QED) is 0.642. The Kier molecular flexibility index (Phi) is 1.98. The molecule has 0 radical (unpaired) electrons. The molecule has 0 saturated carbocycles. The molecule has 3 heteroatoms. The number of hydrogen-bond donors (Lipinski definition) is 2. The highest BCUT2D eigenvalue weighted by Gasteiger charge is 2.03. The fourth-order valence-corrected chi connectivity index (χ4v) is 1.15. The molecule has 0 atom stereocenters. The van der Waals surface area contributed by atoms with Crippen molar-refractivity contribution < 1.29 is 4.79 Å². The predicted octanol–water partition coefficient (Wildman–Crippen LogP) is 0.659. The smallest absolute Gasteiger partial charge is 0.221 e. The van der Waals surface area contributed by atoms with Crippen LogP contribution in [0.5, 0.6) is 0 Å². The summed E-state index contributed by atoms with van der Waals surface area (Å²) < 4.78 is 0. The molecule has 0 unspecified atom stereocenters. The minimum Gasteiger partial charge on any atom is -0.369 e. The standard InChI is InChI=1S/C8H12N2O/c1-5-3-7(4-8(9)11)6(2)10-5/h3,10H,4H2,1-2H3,(H2,9,11). The molecule has 0 fully saturated rings. The Hall–Kier alpha value is -1.25. The van der Waals surface area contributed by atoms with E-state index in [4.69, 9.17) is 5.73 Å². The van der Waals surface area contributed by atoms with E-state index in [1.54, 1.807) is 0 Å². The number of primary amides is 1. The van der Waals surface area contributed by atoms with Crippen molar-refractivity contribution in [2.45, 2.75) is 20.3 Å². The molecule has 1 amide bonds. The van der Waals surface area contributed by atoms with Crippen molar-refractivity contribution in [3.8, 4) is 0 Å². The highest BCUT2D eigenvalue weighted by Crippen LogP contribution is 2.08. The number of aromatic nitrogens is 1. The number of aryl methyl sites for hydroxylation is 2. The molecule has 60 valence electrons. The maximum atomic E-state index is 10.5. The number of amides is 1. The Morgan fingerprint density at radius 1 is 1.64 bits per heavy atom. The van der Waals surface area contributed by atoms with E-state index in [9.17, 15) is 4.79 Å². The summed E-state index contributed by atoms with van der Waals surface area (Å²) in [5, 5.41) is 0. The number of carbonyl (C=O) groups excluding carboxylic acids is 1. The third kappa shape index (κ3) is 1.83. The molecule has 0 aromatic carbocycles. The predicted molar refractivity (Wildman–Crippen MR) is 43.2 cm³/mol. The van der Waals surface area contributed by atoms with Crippen molar-refractivity contribution in [1.29, 1.82) is 0 Å². The van der Waals surface area contributed by atoms with Crippen LogP contribution in [0.1, 0.15) is 17.0 Å². The van der Waals surface area contributed by atoms with Crippen LogP contribution in [-0.4, -0.2) is 10.9 Å². The van der Waals surface area contributed by atoms with E-state index < -0.39 is 0 Å². The lowest BCUT2D eigenvalue weighted by Gasteiger charge is -1.92. The topological polar surface area (TPSA) is 58.9 Å². The van der Waals surface area contributed by atoms with E-state index in [0.717, 1.165) is 17.0 Å². The van der Waals surface area contributed by atoms with Crippen LogP contribution in [-0.2, 0) is 11.2 Å². The van der Waals surface area contributed by atoms with Gasteiger partial charge >= 0.3 is 0 Å². The largest absolute Gasteiger partial charge is 0.369 e. The van der Waals surface area contributed by atoms with Gasteiger partial charge in [-0.2, -0.15) is 0 Å². The molecule has 0 bridgehead atoms. The molecule has 0 aliphatic carbocycles. The molecule has 0 spiro atoms. The first-order valence-electron chi connectivity index (χ1n) is 3.53. The van der Waals surface area contributed by atoms with Crippen molar-refractivity contribution >= 4 is 5.91 Å². The van der Waals surface area contributed by atoms with Crippen LogP contribution in [0.3, 0.4) is 0 Å².